The highest BCUT2D eigenvalue weighted by atomic mass is 16.5. The van der Waals surface area contributed by atoms with Crippen LogP contribution in [0.1, 0.15) is 36.8 Å². The summed E-state index contributed by atoms with van der Waals surface area (Å²) in [7, 11) is 4.65. The van der Waals surface area contributed by atoms with Gasteiger partial charge in [-0.15, -0.1) is 0 Å². The summed E-state index contributed by atoms with van der Waals surface area (Å²) in [4.78, 5) is 31.1. The van der Waals surface area contributed by atoms with Crippen LogP contribution in [0.3, 0.4) is 0 Å². The number of carbonyl (C=O) groups is 2. The number of pyridine rings is 1. The van der Waals surface area contributed by atoms with E-state index in [-0.39, 0.29) is 11.7 Å². The standard InChI is InChI=1S/C26H29N3O5/c1-14-9-10-22(27-13-14)29-26(31)23-15(2)28-17-7-6-8-18(30)25(17)24(23)16-11-20(33-4)21(34-5)12-19(16)32-3/h7,9-13,24-25,28H,6,8H2,1-5H3,(H,27,29,31). The molecule has 0 spiro atoms. The number of nitrogens with zero attached hydrogens (tertiary/aromatic N) is 1. The molecule has 8 nitrogen and oxygen atoms in total. The maximum atomic E-state index is 13.6. The van der Waals surface area contributed by atoms with E-state index < -0.39 is 11.8 Å². The Bertz CT molecular complexity index is 1180. The first-order chi connectivity index (χ1) is 16.4. The average Bonchev–Trinajstić information content (AvgIpc) is 2.83. The number of hydrogen-bond acceptors (Lipinski definition) is 7. The van der Waals surface area contributed by atoms with Crippen LogP contribution >= 0.6 is 0 Å². The first kappa shape index (κ1) is 23.4. The zero-order valence-corrected chi connectivity index (χ0v) is 20.0. The van der Waals surface area contributed by atoms with Gasteiger partial charge in [-0.1, -0.05) is 12.1 Å². The van der Waals surface area contributed by atoms with E-state index in [0.29, 0.717) is 52.7 Å². The molecular formula is C26H29N3O5. The van der Waals surface area contributed by atoms with Crippen molar-refractivity contribution in [2.75, 3.05) is 26.6 Å². The molecule has 2 atom stereocenters. The predicted octanol–water partition coefficient (Wildman–Crippen LogP) is 3.88. The number of ketones is 1. The number of Topliss-reactive ketones (excluding diaryl/α,β-unsaturated/α-hetero) is 1. The Morgan fingerprint density at radius 2 is 1.74 bits per heavy atom. The molecule has 2 N–H and O–H groups in total. The lowest BCUT2D eigenvalue weighted by Crippen LogP contribution is -2.41. The van der Waals surface area contributed by atoms with Crippen molar-refractivity contribution in [3.8, 4) is 17.2 Å². The van der Waals surface area contributed by atoms with Gasteiger partial charge >= 0.3 is 0 Å². The fourth-order valence-electron chi connectivity index (χ4n) is 4.67. The van der Waals surface area contributed by atoms with E-state index in [0.717, 1.165) is 11.3 Å². The monoisotopic (exact) mass is 463 g/mol. The van der Waals surface area contributed by atoms with Crippen molar-refractivity contribution in [1.29, 1.82) is 0 Å². The van der Waals surface area contributed by atoms with Crippen molar-refractivity contribution in [1.82, 2.24) is 10.3 Å². The van der Waals surface area contributed by atoms with Gasteiger partial charge in [0, 0.05) is 47.1 Å². The number of anilines is 1. The maximum Gasteiger partial charge on any atom is 0.255 e. The third-order valence-electron chi connectivity index (χ3n) is 6.29. The first-order valence-electron chi connectivity index (χ1n) is 11.1. The molecule has 1 aliphatic heterocycles. The summed E-state index contributed by atoms with van der Waals surface area (Å²) in [5.74, 6) is 0.538. The second-order valence-electron chi connectivity index (χ2n) is 8.41. The van der Waals surface area contributed by atoms with Crippen molar-refractivity contribution in [3.63, 3.8) is 0 Å². The highest BCUT2D eigenvalue weighted by molar-refractivity contribution is 6.06. The van der Waals surface area contributed by atoms with Gasteiger partial charge in [0.15, 0.2) is 11.5 Å². The van der Waals surface area contributed by atoms with Crippen LogP contribution in [0.15, 0.2) is 53.5 Å². The Morgan fingerprint density at radius 1 is 1.03 bits per heavy atom. The number of fused-ring (bicyclic) bond motifs is 1. The molecule has 0 saturated heterocycles. The molecule has 178 valence electrons. The Morgan fingerprint density at radius 3 is 2.38 bits per heavy atom. The van der Waals surface area contributed by atoms with Crippen molar-refractivity contribution in [2.24, 2.45) is 5.92 Å². The van der Waals surface area contributed by atoms with Crippen LogP contribution in [0.4, 0.5) is 5.82 Å². The highest BCUT2D eigenvalue weighted by Crippen LogP contribution is 2.49. The number of benzene rings is 1. The number of allylic oxidation sites excluding steroid dienone is 3. The molecule has 0 fully saturated rings. The van der Waals surface area contributed by atoms with Gasteiger partial charge in [0.2, 0.25) is 0 Å². The van der Waals surface area contributed by atoms with Crippen LogP contribution in [-0.2, 0) is 9.59 Å². The minimum absolute atomic E-state index is 0.0677. The zero-order chi connectivity index (χ0) is 24.4. The number of nitrogens with one attached hydrogen (secondary N) is 2. The minimum atomic E-state index is -0.583. The molecule has 2 heterocycles. The summed E-state index contributed by atoms with van der Waals surface area (Å²) in [5, 5.41) is 6.20. The topological polar surface area (TPSA) is 98.8 Å². The smallest absolute Gasteiger partial charge is 0.255 e. The van der Waals surface area contributed by atoms with Crippen LogP contribution in [0.25, 0.3) is 0 Å². The number of methoxy groups -OCH3 is 3. The summed E-state index contributed by atoms with van der Waals surface area (Å²) in [6, 6.07) is 7.14. The predicted molar refractivity (Wildman–Crippen MR) is 128 cm³/mol. The van der Waals surface area contributed by atoms with E-state index >= 15 is 0 Å². The van der Waals surface area contributed by atoms with Crippen LogP contribution in [0.2, 0.25) is 0 Å². The quantitative estimate of drug-likeness (QED) is 0.671. The molecule has 8 heteroatoms. The van der Waals surface area contributed by atoms with Gasteiger partial charge in [0.1, 0.15) is 17.4 Å². The summed E-state index contributed by atoms with van der Waals surface area (Å²) in [6.07, 6.45) is 4.80. The van der Waals surface area contributed by atoms with Gasteiger partial charge in [0.25, 0.3) is 5.91 Å². The molecule has 34 heavy (non-hydrogen) atoms. The Balaban J connectivity index is 1.88. The normalized spacial score (nSPS) is 19.6. The van der Waals surface area contributed by atoms with Crippen molar-refractivity contribution in [2.45, 2.75) is 32.6 Å². The molecule has 1 aliphatic carbocycles. The van der Waals surface area contributed by atoms with Gasteiger partial charge in [-0.05, 0) is 38.0 Å². The van der Waals surface area contributed by atoms with Crippen molar-refractivity contribution >= 4 is 17.5 Å². The first-order valence-corrected chi connectivity index (χ1v) is 11.1. The minimum Gasteiger partial charge on any atom is -0.496 e. The average molecular weight is 464 g/mol. The molecule has 0 bridgehead atoms. The fourth-order valence-corrected chi connectivity index (χ4v) is 4.67. The van der Waals surface area contributed by atoms with E-state index in [2.05, 4.69) is 15.6 Å². The SMILES string of the molecule is COc1cc(OC)c(C2C(C(=O)Nc3ccc(C)cn3)=C(C)NC3=CCCC(=O)C32)cc1OC. The van der Waals surface area contributed by atoms with E-state index in [9.17, 15) is 9.59 Å². The number of aromatic nitrogens is 1. The Kier molecular flexibility index (Phi) is 6.58. The Hall–Kier alpha value is -3.81. The molecular weight excluding hydrogens is 434 g/mol. The molecule has 2 unspecified atom stereocenters. The summed E-state index contributed by atoms with van der Waals surface area (Å²) in [6.45, 7) is 3.77. The Labute approximate surface area is 199 Å². The second kappa shape index (κ2) is 9.59. The fraction of sp³-hybridized carbons (Fsp3) is 0.346. The van der Waals surface area contributed by atoms with Gasteiger partial charge in [-0.25, -0.2) is 4.98 Å². The molecule has 0 radical (unpaired) electrons. The molecule has 1 aromatic heterocycles. The van der Waals surface area contributed by atoms with Crippen LogP contribution < -0.4 is 24.8 Å². The third kappa shape index (κ3) is 4.23. The molecule has 4 rings (SSSR count). The molecule has 2 aromatic rings. The lowest BCUT2D eigenvalue weighted by molar-refractivity contribution is -0.122. The molecule has 2 aliphatic rings. The van der Waals surface area contributed by atoms with Crippen LogP contribution in [0, 0.1) is 12.8 Å². The van der Waals surface area contributed by atoms with Crippen molar-refractivity contribution < 1.29 is 23.8 Å². The summed E-state index contributed by atoms with van der Waals surface area (Å²) in [5.41, 5.74) is 3.59. The number of hydrogen-bond donors (Lipinski definition) is 2. The molecule has 1 amide bonds. The summed E-state index contributed by atoms with van der Waals surface area (Å²) >= 11 is 0. The second-order valence-corrected chi connectivity index (χ2v) is 8.41. The van der Waals surface area contributed by atoms with Gasteiger partial charge in [-0.3, -0.25) is 9.59 Å². The lowest BCUT2D eigenvalue weighted by Gasteiger charge is -2.38. The van der Waals surface area contributed by atoms with E-state index in [1.165, 1.54) is 0 Å². The maximum absolute atomic E-state index is 13.6. The largest absolute Gasteiger partial charge is 0.496 e. The number of ether oxygens (including phenoxy) is 3. The number of rotatable bonds is 6. The lowest BCUT2D eigenvalue weighted by atomic mass is 9.70. The van der Waals surface area contributed by atoms with Crippen LogP contribution in [-0.4, -0.2) is 38.0 Å². The van der Waals surface area contributed by atoms with Crippen LogP contribution in [0.5, 0.6) is 17.2 Å². The number of amides is 1. The third-order valence-corrected chi connectivity index (χ3v) is 6.29. The van der Waals surface area contributed by atoms with E-state index in [1.54, 1.807) is 45.7 Å². The zero-order valence-electron chi connectivity index (χ0n) is 20.0. The van der Waals surface area contributed by atoms with Gasteiger partial charge in [-0.2, -0.15) is 0 Å². The number of aryl methyl sites for hydroxylation is 1. The summed E-state index contributed by atoms with van der Waals surface area (Å²) < 4.78 is 16.7. The van der Waals surface area contributed by atoms with E-state index in [4.69, 9.17) is 14.2 Å². The highest BCUT2D eigenvalue weighted by Gasteiger charge is 2.44. The van der Waals surface area contributed by atoms with Gasteiger partial charge in [0.05, 0.1) is 27.2 Å². The number of carbonyl (C=O) groups excluding carboxylic acids is 2. The van der Waals surface area contributed by atoms with E-state index in [1.807, 2.05) is 26.0 Å². The molecule has 0 saturated carbocycles. The van der Waals surface area contributed by atoms with Gasteiger partial charge < -0.3 is 24.8 Å². The molecule has 1 aromatic carbocycles. The van der Waals surface area contributed by atoms with Crippen molar-refractivity contribution in [3.05, 3.63) is 64.6 Å².